The topological polar surface area (TPSA) is 92.8 Å². The number of para-hydroxylation sites is 1. The maximum atomic E-state index is 12.8. The van der Waals surface area contributed by atoms with Crippen molar-refractivity contribution in [2.24, 2.45) is 0 Å². The van der Waals surface area contributed by atoms with Gasteiger partial charge in [0.2, 0.25) is 0 Å². The van der Waals surface area contributed by atoms with E-state index < -0.39 is 0 Å². The van der Waals surface area contributed by atoms with Gasteiger partial charge >= 0.3 is 6.03 Å². The van der Waals surface area contributed by atoms with Crippen LogP contribution in [0.15, 0.2) is 53.9 Å². The summed E-state index contributed by atoms with van der Waals surface area (Å²) >= 11 is 1.36. The Morgan fingerprint density at radius 1 is 1.06 bits per heavy atom. The second kappa shape index (κ2) is 12.0. The molecule has 0 fully saturated rings. The van der Waals surface area contributed by atoms with Crippen LogP contribution in [0.4, 0.5) is 10.5 Å². The maximum absolute atomic E-state index is 12.8. The molecule has 0 atom stereocenters. The summed E-state index contributed by atoms with van der Waals surface area (Å²) in [6.45, 7) is 4.67. The molecule has 1 aromatic heterocycles. The van der Waals surface area contributed by atoms with Crippen LogP contribution in [0.1, 0.15) is 34.9 Å². The normalized spacial score (nSPS) is 10.6. The SMILES string of the molecule is COc1ccc(CCNC(=O)c2csc(CN(C(=O)Nc3ccccc3)C(C)C)n2)cc1OC. The first-order valence-corrected chi connectivity index (χ1v) is 11.9. The van der Waals surface area contributed by atoms with E-state index >= 15 is 0 Å². The van der Waals surface area contributed by atoms with Gasteiger partial charge in [-0.25, -0.2) is 9.78 Å². The summed E-state index contributed by atoms with van der Waals surface area (Å²) in [7, 11) is 3.19. The number of rotatable bonds is 10. The van der Waals surface area contributed by atoms with Gasteiger partial charge in [-0.3, -0.25) is 4.79 Å². The van der Waals surface area contributed by atoms with Crippen LogP contribution >= 0.6 is 11.3 Å². The number of methoxy groups -OCH3 is 2. The lowest BCUT2D eigenvalue weighted by atomic mass is 10.1. The highest BCUT2D eigenvalue weighted by Gasteiger charge is 2.20. The summed E-state index contributed by atoms with van der Waals surface area (Å²) in [6, 6.07) is 14.7. The molecule has 2 N–H and O–H groups in total. The van der Waals surface area contributed by atoms with E-state index in [1.165, 1.54) is 11.3 Å². The van der Waals surface area contributed by atoms with E-state index in [0.29, 0.717) is 41.7 Å². The molecule has 180 valence electrons. The third-order valence-corrected chi connectivity index (χ3v) is 5.98. The zero-order valence-electron chi connectivity index (χ0n) is 19.8. The molecule has 2 aromatic carbocycles. The number of hydrogen-bond acceptors (Lipinski definition) is 6. The van der Waals surface area contributed by atoms with Crippen LogP contribution in [-0.2, 0) is 13.0 Å². The second-order valence-electron chi connectivity index (χ2n) is 7.84. The number of nitrogens with zero attached hydrogens (tertiary/aromatic N) is 2. The van der Waals surface area contributed by atoms with E-state index in [1.807, 2.05) is 62.4 Å². The summed E-state index contributed by atoms with van der Waals surface area (Å²) in [5.74, 6) is 1.08. The van der Waals surface area contributed by atoms with Crippen molar-refractivity contribution in [1.82, 2.24) is 15.2 Å². The molecule has 3 rings (SSSR count). The number of benzene rings is 2. The second-order valence-corrected chi connectivity index (χ2v) is 8.78. The maximum Gasteiger partial charge on any atom is 0.322 e. The van der Waals surface area contributed by atoms with Crippen LogP contribution in [0.5, 0.6) is 11.5 Å². The van der Waals surface area contributed by atoms with Crippen molar-refractivity contribution in [2.45, 2.75) is 32.9 Å². The molecule has 0 spiro atoms. The Morgan fingerprint density at radius 3 is 2.47 bits per heavy atom. The number of carbonyl (C=O) groups excluding carboxylic acids is 2. The van der Waals surface area contributed by atoms with E-state index in [0.717, 1.165) is 11.3 Å². The van der Waals surface area contributed by atoms with Gasteiger partial charge in [0.05, 0.1) is 20.8 Å². The summed E-state index contributed by atoms with van der Waals surface area (Å²) in [5, 5.41) is 8.21. The van der Waals surface area contributed by atoms with Crippen LogP contribution in [0.3, 0.4) is 0 Å². The number of ether oxygens (including phenoxy) is 2. The third-order valence-electron chi connectivity index (χ3n) is 5.15. The molecule has 0 unspecified atom stereocenters. The molecule has 0 saturated heterocycles. The average Bonchev–Trinajstić information content (AvgIpc) is 3.31. The van der Waals surface area contributed by atoms with Gasteiger partial charge in [-0.05, 0) is 50.1 Å². The smallest absolute Gasteiger partial charge is 0.322 e. The first-order valence-electron chi connectivity index (χ1n) is 11.0. The minimum Gasteiger partial charge on any atom is -0.493 e. The Kier molecular flexibility index (Phi) is 8.86. The van der Waals surface area contributed by atoms with Crippen LogP contribution < -0.4 is 20.1 Å². The largest absolute Gasteiger partial charge is 0.493 e. The number of thiazole rings is 1. The molecule has 0 aliphatic rings. The van der Waals surface area contributed by atoms with Crippen molar-refractivity contribution in [1.29, 1.82) is 0 Å². The Bertz CT molecular complexity index is 1100. The van der Waals surface area contributed by atoms with Crippen molar-refractivity contribution in [3.63, 3.8) is 0 Å². The molecule has 0 saturated carbocycles. The fraction of sp³-hybridized carbons (Fsp3) is 0.320. The average molecular weight is 483 g/mol. The van der Waals surface area contributed by atoms with E-state index in [1.54, 1.807) is 24.5 Å². The van der Waals surface area contributed by atoms with Crippen molar-refractivity contribution in [2.75, 3.05) is 26.1 Å². The lowest BCUT2D eigenvalue weighted by Crippen LogP contribution is -2.39. The molecule has 0 radical (unpaired) electrons. The van der Waals surface area contributed by atoms with Gasteiger partial charge in [-0.2, -0.15) is 0 Å². The number of carbonyl (C=O) groups is 2. The lowest BCUT2D eigenvalue weighted by Gasteiger charge is -2.26. The molecule has 8 nitrogen and oxygen atoms in total. The highest BCUT2D eigenvalue weighted by atomic mass is 32.1. The Hall–Kier alpha value is -3.59. The minimum absolute atomic E-state index is 0.0358. The number of hydrogen-bond donors (Lipinski definition) is 2. The third kappa shape index (κ3) is 6.71. The molecule has 1 heterocycles. The highest BCUT2D eigenvalue weighted by Crippen LogP contribution is 2.27. The highest BCUT2D eigenvalue weighted by molar-refractivity contribution is 7.09. The Morgan fingerprint density at radius 2 is 1.79 bits per heavy atom. The van der Waals surface area contributed by atoms with Gasteiger partial charge in [0.15, 0.2) is 11.5 Å². The monoisotopic (exact) mass is 482 g/mol. The van der Waals surface area contributed by atoms with Gasteiger partial charge in [-0.1, -0.05) is 24.3 Å². The fourth-order valence-corrected chi connectivity index (χ4v) is 4.06. The van der Waals surface area contributed by atoms with Gasteiger partial charge in [0, 0.05) is 23.7 Å². The van der Waals surface area contributed by atoms with Crippen LogP contribution in [0.25, 0.3) is 0 Å². The quantitative estimate of drug-likeness (QED) is 0.441. The Balaban J connectivity index is 1.55. The van der Waals surface area contributed by atoms with E-state index in [4.69, 9.17) is 9.47 Å². The van der Waals surface area contributed by atoms with Gasteiger partial charge in [0.25, 0.3) is 5.91 Å². The molecule has 0 aliphatic carbocycles. The van der Waals surface area contributed by atoms with Gasteiger partial charge in [0.1, 0.15) is 10.7 Å². The van der Waals surface area contributed by atoms with E-state index in [9.17, 15) is 9.59 Å². The van der Waals surface area contributed by atoms with Crippen molar-refractivity contribution in [3.05, 3.63) is 70.2 Å². The van der Waals surface area contributed by atoms with Crippen LogP contribution in [0, 0.1) is 0 Å². The fourth-order valence-electron chi connectivity index (χ4n) is 3.29. The zero-order valence-corrected chi connectivity index (χ0v) is 20.6. The minimum atomic E-state index is -0.243. The molecule has 34 heavy (non-hydrogen) atoms. The molecule has 0 aliphatic heterocycles. The first-order chi connectivity index (χ1) is 16.4. The van der Waals surface area contributed by atoms with Gasteiger partial charge < -0.3 is 25.0 Å². The number of anilines is 1. The van der Waals surface area contributed by atoms with Crippen LogP contribution in [0.2, 0.25) is 0 Å². The predicted molar refractivity (Wildman–Crippen MR) is 134 cm³/mol. The molecule has 0 bridgehead atoms. The number of nitrogens with one attached hydrogen (secondary N) is 2. The van der Waals surface area contributed by atoms with Crippen molar-refractivity contribution >= 4 is 29.0 Å². The standard InChI is InChI=1S/C25H30N4O4S/c1-17(2)29(25(31)27-19-8-6-5-7-9-19)15-23-28-20(16-34-23)24(30)26-13-12-18-10-11-21(32-3)22(14-18)33-4/h5-11,14,16-17H,12-13,15H2,1-4H3,(H,26,30)(H,27,31). The van der Waals surface area contributed by atoms with Crippen molar-refractivity contribution in [3.8, 4) is 11.5 Å². The zero-order chi connectivity index (χ0) is 24.5. The Labute approximate surface area is 203 Å². The number of urea groups is 1. The molecule has 3 aromatic rings. The molecular weight excluding hydrogens is 452 g/mol. The van der Waals surface area contributed by atoms with E-state index in [-0.39, 0.29) is 18.0 Å². The summed E-state index contributed by atoms with van der Waals surface area (Å²) in [4.78, 5) is 31.4. The van der Waals surface area contributed by atoms with Crippen molar-refractivity contribution < 1.29 is 19.1 Å². The molecule has 3 amide bonds. The first kappa shape index (κ1) is 25.0. The summed E-state index contributed by atoms with van der Waals surface area (Å²) < 4.78 is 10.6. The molecular formula is C25H30N4O4S. The summed E-state index contributed by atoms with van der Waals surface area (Å²) in [5.41, 5.74) is 2.10. The summed E-state index contributed by atoms with van der Waals surface area (Å²) in [6.07, 6.45) is 0.643. The number of aromatic nitrogens is 1. The lowest BCUT2D eigenvalue weighted by molar-refractivity contribution is 0.0949. The van der Waals surface area contributed by atoms with Gasteiger partial charge in [-0.15, -0.1) is 11.3 Å². The molecule has 9 heteroatoms. The van der Waals surface area contributed by atoms with Crippen LogP contribution in [-0.4, -0.2) is 48.6 Å². The predicted octanol–water partition coefficient (Wildman–Crippen LogP) is 4.58. The number of amides is 3. The van der Waals surface area contributed by atoms with E-state index in [2.05, 4.69) is 15.6 Å².